The number of amides is 2. The molecule has 0 fully saturated rings. The van der Waals surface area contributed by atoms with Crippen molar-refractivity contribution < 1.29 is 14.0 Å². The van der Waals surface area contributed by atoms with Crippen LogP contribution in [0.25, 0.3) is 0 Å². The Labute approximate surface area is 115 Å². The van der Waals surface area contributed by atoms with Crippen LogP contribution in [-0.2, 0) is 16.0 Å². The SMILES string of the molecule is NC(=S)CNC(=O)C(=O)NCCc1ccccc1F. The van der Waals surface area contributed by atoms with Crippen LogP contribution >= 0.6 is 12.2 Å². The first-order valence-electron chi connectivity index (χ1n) is 5.58. The third kappa shape index (κ3) is 5.43. The second kappa shape index (κ2) is 7.42. The lowest BCUT2D eigenvalue weighted by Crippen LogP contribution is -2.43. The standard InChI is InChI=1S/C12H14FN3O2S/c13-9-4-2-1-3-8(9)5-6-15-11(17)12(18)16-7-10(14)19/h1-4H,5-7H2,(H2,14,19)(H,15,17)(H,16,18). The van der Waals surface area contributed by atoms with Crippen LogP contribution in [0.1, 0.15) is 5.56 Å². The summed E-state index contributed by atoms with van der Waals surface area (Å²) in [7, 11) is 0. The van der Waals surface area contributed by atoms with Crippen molar-refractivity contribution in [2.75, 3.05) is 13.1 Å². The van der Waals surface area contributed by atoms with Gasteiger partial charge in [0.2, 0.25) is 0 Å². The number of hydrogen-bond acceptors (Lipinski definition) is 3. The van der Waals surface area contributed by atoms with E-state index in [2.05, 4.69) is 22.9 Å². The van der Waals surface area contributed by atoms with Gasteiger partial charge in [-0.1, -0.05) is 30.4 Å². The average molecular weight is 283 g/mol. The minimum Gasteiger partial charge on any atom is -0.392 e. The number of hydrogen-bond donors (Lipinski definition) is 3. The summed E-state index contributed by atoms with van der Waals surface area (Å²) >= 11 is 4.56. The van der Waals surface area contributed by atoms with Gasteiger partial charge in [0.1, 0.15) is 5.82 Å². The van der Waals surface area contributed by atoms with Crippen molar-refractivity contribution in [1.82, 2.24) is 10.6 Å². The van der Waals surface area contributed by atoms with Crippen LogP contribution in [-0.4, -0.2) is 29.9 Å². The van der Waals surface area contributed by atoms with Gasteiger partial charge in [-0.25, -0.2) is 4.39 Å². The molecule has 0 unspecified atom stereocenters. The molecule has 0 aliphatic rings. The first-order valence-corrected chi connectivity index (χ1v) is 5.99. The molecular weight excluding hydrogens is 269 g/mol. The summed E-state index contributed by atoms with van der Waals surface area (Å²) in [6.45, 7) is 0.134. The van der Waals surface area contributed by atoms with Crippen LogP contribution in [0.5, 0.6) is 0 Å². The molecule has 0 bridgehead atoms. The fourth-order valence-electron chi connectivity index (χ4n) is 1.34. The first-order chi connectivity index (χ1) is 9.00. The van der Waals surface area contributed by atoms with Gasteiger partial charge in [0.15, 0.2) is 0 Å². The number of halogens is 1. The van der Waals surface area contributed by atoms with E-state index in [0.717, 1.165) is 0 Å². The Morgan fingerprint density at radius 1 is 1.21 bits per heavy atom. The summed E-state index contributed by atoms with van der Waals surface area (Å²) in [6.07, 6.45) is 0.307. The molecule has 0 heterocycles. The summed E-state index contributed by atoms with van der Waals surface area (Å²) < 4.78 is 13.3. The molecule has 7 heteroatoms. The smallest absolute Gasteiger partial charge is 0.309 e. The monoisotopic (exact) mass is 283 g/mol. The largest absolute Gasteiger partial charge is 0.392 e. The fourth-order valence-corrected chi connectivity index (χ4v) is 1.41. The molecule has 2 amide bonds. The second-order valence-electron chi connectivity index (χ2n) is 3.75. The summed E-state index contributed by atoms with van der Waals surface area (Å²) in [5.41, 5.74) is 5.66. The summed E-state index contributed by atoms with van der Waals surface area (Å²) in [4.78, 5) is 22.7. The van der Waals surface area contributed by atoms with E-state index in [1.165, 1.54) is 6.07 Å². The van der Waals surface area contributed by atoms with E-state index in [1.807, 2.05) is 0 Å². The lowest BCUT2D eigenvalue weighted by molar-refractivity contribution is -0.139. The predicted molar refractivity (Wildman–Crippen MR) is 72.9 cm³/mol. The van der Waals surface area contributed by atoms with E-state index in [1.54, 1.807) is 18.2 Å². The molecule has 0 aliphatic carbocycles. The molecule has 1 rings (SSSR count). The van der Waals surface area contributed by atoms with Gasteiger partial charge < -0.3 is 16.4 Å². The number of carbonyl (C=O) groups is 2. The maximum Gasteiger partial charge on any atom is 0.309 e. The van der Waals surface area contributed by atoms with Crippen molar-refractivity contribution in [3.8, 4) is 0 Å². The average Bonchev–Trinajstić information content (AvgIpc) is 2.38. The molecule has 0 saturated heterocycles. The molecule has 0 aromatic heterocycles. The van der Waals surface area contributed by atoms with Crippen molar-refractivity contribution in [1.29, 1.82) is 0 Å². The van der Waals surface area contributed by atoms with Gasteiger partial charge in [-0.15, -0.1) is 0 Å². The van der Waals surface area contributed by atoms with Gasteiger partial charge in [-0.05, 0) is 18.1 Å². The van der Waals surface area contributed by atoms with Crippen LogP contribution in [0.4, 0.5) is 4.39 Å². The van der Waals surface area contributed by atoms with Gasteiger partial charge in [0.05, 0.1) is 11.5 Å². The molecule has 102 valence electrons. The topological polar surface area (TPSA) is 84.2 Å². The van der Waals surface area contributed by atoms with Crippen LogP contribution in [0, 0.1) is 5.82 Å². The number of benzene rings is 1. The number of nitrogens with two attached hydrogens (primary N) is 1. The first kappa shape index (κ1) is 15.0. The summed E-state index contributed by atoms with van der Waals surface area (Å²) in [5.74, 6) is -1.95. The normalized spacial score (nSPS) is 9.74. The second-order valence-corrected chi connectivity index (χ2v) is 4.27. The number of rotatable bonds is 5. The number of nitrogens with one attached hydrogen (secondary N) is 2. The molecule has 0 atom stereocenters. The number of thiocarbonyl (C=S) groups is 1. The molecule has 5 nitrogen and oxygen atoms in total. The van der Waals surface area contributed by atoms with Gasteiger partial charge >= 0.3 is 11.8 Å². The van der Waals surface area contributed by atoms with Crippen molar-refractivity contribution in [2.24, 2.45) is 5.73 Å². The van der Waals surface area contributed by atoms with Gasteiger partial charge in [-0.3, -0.25) is 9.59 Å². The van der Waals surface area contributed by atoms with E-state index >= 15 is 0 Å². The Hall–Kier alpha value is -2.02. The van der Waals surface area contributed by atoms with Crippen LogP contribution in [0.2, 0.25) is 0 Å². The van der Waals surface area contributed by atoms with E-state index in [0.29, 0.717) is 12.0 Å². The third-order valence-electron chi connectivity index (χ3n) is 2.27. The third-order valence-corrected chi connectivity index (χ3v) is 2.41. The lowest BCUT2D eigenvalue weighted by Gasteiger charge is -2.06. The highest BCUT2D eigenvalue weighted by Crippen LogP contribution is 2.05. The Kier molecular flexibility index (Phi) is 5.87. The van der Waals surface area contributed by atoms with Gasteiger partial charge in [0.25, 0.3) is 0 Å². The summed E-state index contributed by atoms with van der Waals surface area (Å²) in [5, 5.41) is 4.63. The van der Waals surface area contributed by atoms with Gasteiger partial charge in [-0.2, -0.15) is 0 Å². The number of carbonyl (C=O) groups excluding carboxylic acids is 2. The van der Waals surface area contributed by atoms with Crippen LogP contribution in [0.3, 0.4) is 0 Å². The zero-order valence-corrected chi connectivity index (χ0v) is 10.9. The van der Waals surface area contributed by atoms with E-state index in [4.69, 9.17) is 5.73 Å². The molecule has 4 N–H and O–H groups in total. The Morgan fingerprint density at radius 2 is 1.84 bits per heavy atom. The van der Waals surface area contributed by atoms with E-state index in [9.17, 15) is 14.0 Å². The van der Waals surface area contributed by atoms with Crippen molar-refractivity contribution in [3.05, 3.63) is 35.6 Å². The minimum atomic E-state index is -0.818. The summed E-state index contributed by atoms with van der Waals surface area (Å²) in [6, 6.07) is 6.25. The zero-order valence-electron chi connectivity index (χ0n) is 10.1. The van der Waals surface area contributed by atoms with E-state index in [-0.39, 0.29) is 23.9 Å². The lowest BCUT2D eigenvalue weighted by atomic mass is 10.1. The predicted octanol–water partition coefficient (Wildman–Crippen LogP) is -0.113. The molecule has 0 radical (unpaired) electrons. The van der Waals surface area contributed by atoms with Crippen molar-refractivity contribution in [3.63, 3.8) is 0 Å². The highest BCUT2D eigenvalue weighted by Gasteiger charge is 2.12. The Bertz CT molecular complexity index is 494. The Morgan fingerprint density at radius 3 is 2.47 bits per heavy atom. The minimum absolute atomic E-state index is 0.0328. The molecule has 1 aromatic rings. The molecular formula is C12H14FN3O2S. The van der Waals surface area contributed by atoms with Crippen LogP contribution < -0.4 is 16.4 Å². The fraction of sp³-hybridized carbons (Fsp3) is 0.250. The molecule has 0 saturated carbocycles. The molecule has 19 heavy (non-hydrogen) atoms. The molecule has 0 aliphatic heterocycles. The quantitative estimate of drug-likeness (QED) is 0.520. The molecule has 1 aromatic carbocycles. The highest BCUT2D eigenvalue weighted by atomic mass is 32.1. The Balaban J connectivity index is 2.33. The highest BCUT2D eigenvalue weighted by molar-refractivity contribution is 7.80. The van der Waals surface area contributed by atoms with Crippen LogP contribution in [0.15, 0.2) is 24.3 Å². The molecule has 0 spiro atoms. The van der Waals surface area contributed by atoms with E-state index < -0.39 is 11.8 Å². The van der Waals surface area contributed by atoms with Gasteiger partial charge in [0, 0.05) is 6.54 Å². The zero-order chi connectivity index (χ0) is 14.3. The van der Waals surface area contributed by atoms with Crippen molar-refractivity contribution >= 4 is 29.0 Å². The maximum atomic E-state index is 13.3. The maximum absolute atomic E-state index is 13.3. The van der Waals surface area contributed by atoms with Crippen molar-refractivity contribution in [2.45, 2.75) is 6.42 Å².